The number of hydrogen-bond acceptors (Lipinski definition) is 5. The number of hydrogen-bond donors (Lipinski definition) is 1. The smallest absolute Gasteiger partial charge is 0.244 e. The van der Waals surface area contributed by atoms with Gasteiger partial charge in [0.05, 0.1) is 28.6 Å². The first kappa shape index (κ1) is 30.7. The van der Waals surface area contributed by atoms with E-state index in [1.54, 1.807) is 56.3 Å². The quantitative estimate of drug-likeness (QED) is 0.369. The molecule has 0 unspecified atom stereocenters. The van der Waals surface area contributed by atoms with Gasteiger partial charge in [0, 0.05) is 12.6 Å². The molecular weight excluding hydrogens is 537 g/mol. The molecule has 0 bridgehead atoms. The van der Waals surface area contributed by atoms with Crippen molar-refractivity contribution < 1.29 is 22.7 Å². The largest absolute Gasteiger partial charge is 0.492 e. The Bertz CT molecular complexity index is 1190. The number of nitrogens with one attached hydrogen (secondary N) is 1. The molecule has 0 radical (unpaired) electrons. The summed E-state index contributed by atoms with van der Waals surface area (Å²) >= 11 is 12.3. The molecule has 0 saturated heterocycles. The van der Waals surface area contributed by atoms with E-state index in [2.05, 4.69) is 5.32 Å². The molecular formula is C26H35Cl2N3O5S. The SMILES string of the molecule is CCOc1ccccc1N(CC(=O)N(Cc1ccc(Cl)c(Cl)c1)[C@@H](CC)C(=O)N[C@@H](C)CC)S(C)(=O)=O. The molecule has 0 heterocycles. The lowest BCUT2D eigenvalue weighted by Crippen LogP contribution is -2.53. The molecule has 0 saturated carbocycles. The van der Waals surface area contributed by atoms with Gasteiger partial charge in [-0.15, -0.1) is 0 Å². The molecule has 2 amide bonds. The van der Waals surface area contributed by atoms with Crippen molar-refractivity contribution in [3.05, 3.63) is 58.1 Å². The lowest BCUT2D eigenvalue weighted by atomic mass is 10.1. The van der Waals surface area contributed by atoms with Gasteiger partial charge in [-0.1, -0.05) is 55.2 Å². The summed E-state index contributed by atoms with van der Waals surface area (Å²) in [5.74, 6) is -0.527. The van der Waals surface area contributed by atoms with Crippen molar-refractivity contribution in [1.29, 1.82) is 0 Å². The van der Waals surface area contributed by atoms with Gasteiger partial charge in [0.1, 0.15) is 18.3 Å². The predicted octanol–water partition coefficient (Wildman–Crippen LogP) is 4.88. The van der Waals surface area contributed by atoms with Crippen molar-refractivity contribution in [2.75, 3.05) is 23.7 Å². The number of sulfonamides is 1. The molecule has 0 aliphatic carbocycles. The Morgan fingerprint density at radius 2 is 1.70 bits per heavy atom. The minimum Gasteiger partial charge on any atom is -0.492 e. The van der Waals surface area contributed by atoms with E-state index in [-0.39, 0.29) is 24.2 Å². The van der Waals surface area contributed by atoms with Gasteiger partial charge >= 0.3 is 0 Å². The van der Waals surface area contributed by atoms with Gasteiger partial charge in [0.2, 0.25) is 21.8 Å². The molecule has 1 N–H and O–H groups in total. The molecule has 0 aromatic heterocycles. The summed E-state index contributed by atoms with van der Waals surface area (Å²) in [6.07, 6.45) is 2.07. The number of halogens is 2. The van der Waals surface area contributed by atoms with Crippen molar-refractivity contribution in [3.8, 4) is 5.75 Å². The van der Waals surface area contributed by atoms with E-state index in [4.69, 9.17) is 27.9 Å². The number of para-hydroxylation sites is 2. The molecule has 37 heavy (non-hydrogen) atoms. The van der Waals surface area contributed by atoms with E-state index in [0.717, 1.165) is 17.0 Å². The summed E-state index contributed by atoms with van der Waals surface area (Å²) in [6.45, 7) is 7.25. The Labute approximate surface area is 229 Å². The van der Waals surface area contributed by atoms with E-state index in [1.165, 1.54) is 4.90 Å². The van der Waals surface area contributed by atoms with Gasteiger partial charge in [-0.05, 0) is 56.5 Å². The van der Waals surface area contributed by atoms with Crippen LogP contribution in [0, 0.1) is 0 Å². The maximum atomic E-state index is 13.8. The fraction of sp³-hybridized carbons (Fsp3) is 0.462. The summed E-state index contributed by atoms with van der Waals surface area (Å²) in [5.41, 5.74) is 0.893. The standard InChI is InChI=1S/C26H35Cl2N3O5S/c1-6-18(4)29-26(33)22(7-2)30(16-19-13-14-20(27)21(28)15-19)25(32)17-31(37(5,34)35)23-11-9-10-12-24(23)36-8-3/h9-15,18,22H,6-8,16-17H2,1-5H3,(H,29,33)/t18-,22-/m0/s1. The van der Waals surface area contributed by atoms with Gasteiger partial charge in [-0.2, -0.15) is 0 Å². The van der Waals surface area contributed by atoms with Crippen LogP contribution in [-0.4, -0.2) is 56.6 Å². The van der Waals surface area contributed by atoms with Crippen LogP contribution in [0.3, 0.4) is 0 Å². The van der Waals surface area contributed by atoms with Crippen LogP contribution in [0.25, 0.3) is 0 Å². The van der Waals surface area contributed by atoms with Crippen LogP contribution in [0.4, 0.5) is 5.69 Å². The summed E-state index contributed by atoms with van der Waals surface area (Å²) in [6, 6.07) is 10.6. The van der Waals surface area contributed by atoms with Gasteiger partial charge in [-0.3, -0.25) is 13.9 Å². The van der Waals surface area contributed by atoms with Crippen molar-refractivity contribution >= 4 is 50.7 Å². The molecule has 0 aliphatic rings. The molecule has 2 aromatic rings. The Kier molecular flexibility index (Phi) is 11.5. The molecule has 8 nitrogen and oxygen atoms in total. The molecule has 0 spiro atoms. The van der Waals surface area contributed by atoms with Crippen LogP contribution < -0.4 is 14.4 Å². The summed E-state index contributed by atoms with van der Waals surface area (Å²) in [7, 11) is -3.88. The molecule has 2 atom stereocenters. The number of amides is 2. The average molecular weight is 573 g/mol. The number of rotatable bonds is 13. The highest BCUT2D eigenvalue weighted by atomic mass is 35.5. The summed E-state index contributed by atoms with van der Waals surface area (Å²) in [5, 5.41) is 3.61. The highest BCUT2D eigenvalue weighted by Gasteiger charge is 2.33. The van der Waals surface area contributed by atoms with Crippen LogP contribution >= 0.6 is 23.2 Å². The second-order valence-electron chi connectivity index (χ2n) is 8.68. The second kappa shape index (κ2) is 13.9. The fourth-order valence-electron chi connectivity index (χ4n) is 3.73. The Morgan fingerprint density at radius 3 is 2.27 bits per heavy atom. The monoisotopic (exact) mass is 571 g/mol. The minimum absolute atomic E-state index is 0.0346. The third kappa shape index (κ3) is 8.51. The highest BCUT2D eigenvalue weighted by Crippen LogP contribution is 2.30. The van der Waals surface area contributed by atoms with Crippen LogP contribution in [-0.2, 0) is 26.2 Å². The summed E-state index contributed by atoms with van der Waals surface area (Å²) < 4.78 is 32.3. The maximum Gasteiger partial charge on any atom is 0.244 e. The predicted molar refractivity (Wildman–Crippen MR) is 149 cm³/mol. The number of carbonyl (C=O) groups excluding carboxylic acids is 2. The van der Waals surface area contributed by atoms with Crippen LogP contribution in [0.5, 0.6) is 5.75 Å². The topological polar surface area (TPSA) is 96.0 Å². The Hall–Kier alpha value is -2.49. The Morgan fingerprint density at radius 1 is 1.03 bits per heavy atom. The molecule has 0 aliphatic heterocycles. The van der Waals surface area contributed by atoms with Crippen LogP contribution in [0.15, 0.2) is 42.5 Å². The van der Waals surface area contributed by atoms with Gasteiger partial charge in [0.25, 0.3) is 0 Å². The van der Waals surface area contributed by atoms with E-state index < -0.39 is 28.5 Å². The number of anilines is 1. The van der Waals surface area contributed by atoms with Crippen LogP contribution in [0.2, 0.25) is 10.0 Å². The van der Waals surface area contributed by atoms with E-state index in [9.17, 15) is 18.0 Å². The van der Waals surface area contributed by atoms with Gasteiger partial charge in [-0.25, -0.2) is 8.42 Å². The van der Waals surface area contributed by atoms with Crippen molar-refractivity contribution in [2.24, 2.45) is 0 Å². The first-order chi connectivity index (χ1) is 17.4. The van der Waals surface area contributed by atoms with Crippen molar-refractivity contribution in [1.82, 2.24) is 10.2 Å². The second-order valence-corrected chi connectivity index (χ2v) is 11.4. The van der Waals surface area contributed by atoms with E-state index in [1.807, 2.05) is 13.8 Å². The van der Waals surface area contributed by atoms with Gasteiger partial charge in [0.15, 0.2) is 0 Å². The third-order valence-corrected chi connectivity index (χ3v) is 7.70. The number of benzene rings is 2. The lowest BCUT2D eigenvalue weighted by Gasteiger charge is -2.33. The van der Waals surface area contributed by atoms with E-state index in [0.29, 0.717) is 34.4 Å². The van der Waals surface area contributed by atoms with E-state index >= 15 is 0 Å². The van der Waals surface area contributed by atoms with Crippen molar-refractivity contribution in [2.45, 2.75) is 59.2 Å². The molecule has 2 rings (SSSR count). The third-order valence-electron chi connectivity index (χ3n) is 5.84. The van der Waals surface area contributed by atoms with Crippen LogP contribution in [0.1, 0.15) is 46.1 Å². The Balaban J connectivity index is 2.51. The number of nitrogens with zero attached hydrogens (tertiary/aromatic N) is 2. The maximum absolute atomic E-state index is 13.8. The van der Waals surface area contributed by atoms with Crippen molar-refractivity contribution in [3.63, 3.8) is 0 Å². The normalized spacial score (nSPS) is 12.9. The van der Waals surface area contributed by atoms with Gasteiger partial charge < -0.3 is 15.0 Å². The number of carbonyl (C=O) groups is 2. The zero-order chi connectivity index (χ0) is 27.8. The minimum atomic E-state index is -3.88. The number of ether oxygens (including phenoxy) is 1. The molecule has 2 aromatic carbocycles. The first-order valence-corrected chi connectivity index (χ1v) is 14.8. The molecule has 11 heteroatoms. The molecule has 204 valence electrons. The fourth-order valence-corrected chi connectivity index (χ4v) is 4.90. The first-order valence-electron chi connectivity index (χ1n) is 12.2. The average Bonchev–Trinajstić information content (AvgIpc) is 2.84. The molecule has 0 fully saturated rings. The lowest BCUT2D eigenvalue weighted by molar-refractivity contribution is -0.140. The highest BCUT2D eigenvalue weighted by molar-refractivity contribution is 7.92. The zero-order valence-electron chi connectivity index (χ0n) is 21.8. The zero-order valence-corrected chi connectivity index (χ0v) is 24.2. The summed E-state index contributed by atoms with van der Waals surface area (Å²) in [4.78, 5) is 28.4.